The highest BCUT2D eigenvalue weighted by atomic mass is 35.5. The largest absolute Gasteiger partial charge is 0.309 e. The molecule has 0 aliphatic heterocycles. The van der Waals surface area contributed by atoms with E-state index >= 15 is 0 Å². The first-order valence-corrected chi connectivity index (χ1v) is 6.99. The lowest BCUT2D eigenvalue weighted by atomic mass is 9.85. The highest BCUT2D eigenvalue weighted by Crippen LogP contribution is 2.24. The van der Waals surface area contributed by atoms with E-state index in [9.17, 15) is 4.39 Å². The Hall–Kier alpha value is -0.310. The molecule has 1 rings (SSSR count). The highest BCUT2D eigenvalue weighted by molar-refractivity contribution is 6.31. The molecule has 0 heterocycles. The van der Waals surface area contributed by atoms with Gasteiger partial charge in [-0.15, -0.1) is 11.6 Å². The summed E-state index contributed by atoms with van der Waals surface area (Å²) in [5, 5.41) is 3.91. The van der Waals surface area contributed by atoms with Crippen LogP contribution in [-0.4, -0.2) is 11.9 Å². The summed E-state index contributed by atoms with van der Waals surface area (Å²) in [7, 11) is 0. The number of nitrogens with one attached hydrogen (secondary N) is 1. The zero-order valence-corrected chi connectivity index (χ0v) is 12.6. The van der Waals surface area contributed by atoms with Crippen LogP contribution in [-0.2, 0) is 6.54 Å². The molecule has 0 aliphatic carbocycles. The van der Waals surface area contributed by atoms with Gasteiger partial charge in [-0.2, -0.15) is 0 Å². The lowest BCUT2D eigenvalue weighted by Gasteiger charge is -2.31. The van der Waals surface area contributed by atoms with Crippen LogP contribution in [0, 0.1) is 11.2 Å². The van der Waals surface area contributed by atoms with Gasteiger partial charge in [-0.25, -0.2) is 4.39 Å². The quantitative estimate of drug-likeness (QED) is 0.781. The number of alkyl halides is 1. The molecule has 1 atom stereocenters. The van der Waals surface area contributed by atoms with Gasteiger partial charge in [-0.3, -0.25) is 0 Å². The lowest BCUT2D eigenvalue weighted by Crippen LogP contribution is -2.40. The number of hydrogen-bond donors (Lipinski definition) is 1. The highest BCUT2D eigenvalue weighted by Gasteiger charge is 2.23. The maximum Gasteiger partial charge on any atom is 0.124 e. The Labute approximate surface area is 119 Å². The Bertz CT molecular complexity index is 388. The zero-order valence-electron chi connectivity index (χ0n) is 11.1. The molecule has 18 heavy (non-hydrogen) atoms. The van der Waals surface area contributed by atoms with Gasteiger partial charge in [-0.05, 0) is 29.5 Å². The smallest absolute Gasteiger partial charge is 0.124 e. The first-order chi connectivity index (χ1) is 8.34. The molecule has 1 N–H and O–H groups in total. The minimum Gasteiger partial charge on any atom is -0.309 e. The number of hydrogen-bond acceptors (Lipinski definition) is 1. The first-order valence-electron chi connectivity index (χ1n) is 6.08. The summed E-state index contributed by atoms with van der Waals surface area (Å²) in [5.41, 5.74) is 1.03. The lowest BCUT2D eigenvalue weighted by molar-refractivity contribution is 0.260. The Kier molecular flexibility index (Phi) is 5.90. The SMILES string of the molecule is CC(C)(C)C(CCCl)NCc1ccc(F)cc1Cl. The van der Waals surface area contributed by atoms with Gasteiger partial charge < -0.3 is 5.32 Å². The van der Waals surface area contributed by atoms with E-state index < -0.39 is 0 Å². The van der Waals surface area contributed by atoms with Crippen LogP contribution in [0.25, 0.3) is 0 Å². The van der Waals surface area contributed by atoms with Crippen molar-refractivity contribution in [1.82, 2.24) is 5.32 Å². The van der Waals surface area contributed by atoms with E-state index in [0.717, 1.165) is 12.0 Å². The fourth-order valence-electron chi connectivity index (χ4n) is 1.85. The van der Waals surface area contributed by atoms with Gasteiger partial charge in [0.2, 0.25) is 0 Å². The van der Waals surface area contributed by atoms with Crippen molar-refractivity contribution in [3.8, 4) is 0 Å². The summed E-state index contributed by atoms with van der Waals surface area (Å²) < 4.78 is 12.9. The molecule has 0 fully saturated rings. The zero-order chi connectivity index (χ0) is 13.8. The van der Waals surface area contributed by atoms with Gasteiger partial charge in [0.15, 0.2) is 0 Å². The molecule has 0 aliphatic rings. The molecule has 1 nitrogen and oxygen atoms in total. The third-order valence-electron chi connectivity index (χ3n) is 3.00. The van der Waals surface area contributed by atoms with Gasteiger partial charge in [0, 0.05) is 23.5 Å². The Morgan fingerprint density at radius 1 is 1.33 bits per heavy atom. The fourth-order valence-corrected chi connectivity index (χ4v) is 2.30. The molecule has 0 saturated carbocycles. The topological polar surface area (TPSA) is 12.0 Å². The normalized spacial score (nSPS) is 13.7. The Morgan fingerprint density at radius 3 is 2.50 bits per heavy atom. The molecule has 4 heteroatoms. The third kappa shape index (κ3) is 4.75. The summed E-state index contributed by atoms with van der Waals surface area (Å²) in [6, 6.07) is 4.78. The average molecular weight is 292 g/mol. The van der Waals surface area contributed by atoms with Crippen LogP contribution in [0.15, 0.2) is 18.2 Å². The molecule has 0 aromatic heterocycles. The van der Waals surface area contributed by atoms with Crippen molar-refractivity contribution in [1.29, 1.82) is 0 Å². The van der Waals surface area contributed by atoms with Gasteiger partial charge in [0.05, 0.1) is 0 Å². The van der Waals surface area contributed by atoms with Crippen molar-refractivity contribution in [2.45, 2.75) is 39.8 Å². The van der Waals surface area contributed by atoms with Crippen molar-refractivity contribution >= 4 is 23.2 Å². The molecule has 0 amide bonds. The summed E-state index contributed by atoms with van der Waals surface area (Å²) >= 11 is 11.8. The molecule has 0 radical (unpaired) electrons. The molecule has 0 bridgehead atoms. The molecule has 1 unspecified atom stereocenters. The predicted octanol–water partition coefficient (Wildman–Crippen LogP) is 4.61. The molecular formula is C14H20Cl2FN. The van der Waals surface area contributed by atoms with E-state index in [1.165, 1.54) is 12.1 Å². The number of benzene rings is 1. The van der Waals surface area contributed by atoms with Crippen LogP contribution < -0.4 is 5.32 Å². The van der Waals surface area contributed by atoms with Crippen LogP contribution in [0.3, 0.4) is 0 Å². The van der Waals surface area contributed by atoms with E-state index in [0.29, 0.717) is 23.5 Å². The third-order valence-corrected chi connectivity index (χ3v) is 3.57. The van der Waals surface area contributed by atoms with E-state index in [2.05, 4.69) is 26.1 Å². The number of halogens is 3. The minimum absolute atomic E-state index is 0.126. The van der Waals surface area contributed by atoms with Crippen LogP contribution in [0.4, 0.5) is 4.39 Å². The molecule has 102 valence electrons. The van der Waals surface area contributed by atoms with Crippen LogP contribution in [0.5, 0.6) is 0 Å². The molecule has 0 saturated heterocycles. The van der Waals surface area contributed by atoms with Crippen LogP contribution in [0.1, 0.15) is 32.8 Å². The van der Waals surface area contributed by atoms with E-state index in [-0.39, 0.29) is 11.2 Å². The van der Waals surface area contributed by atoms with E-state index in [1.807, 2.05) is 0 Å². The molecule has 1 aromatic rings. The summed E-state index contributed by atoms with van der Waals surface area (Å²) in [4.78, 5) is 0. The van der Waals surface area contributed by atoms with E-state index in [1.54, 1.807) is 6.07 Å². The summed E-state index contributed by atoms with van der Waals surface area (Å²) in [5.74, 6) is 0.309. The second-order valence-corrected chi connectivity index (χ2v) is 6.30. The van der Waals surface area contributed by atoms with Crippen molar-refractivity contribution in [3.05, 3.63) is 34.6 Å². The van der Waals surface area contributed by atoms with Gasteiger partial charge in [0.1, 0.15) is 5.82 Å². The Balaban J connectivity index is 2.67. The standard InChI is InChI=1S/C14H20Cl2FN/c1-14(2,3)13(6-7-15)18-9-10-4-5-11(17)8-12(10)16/h4-5,8,13,18H,6-7,9H2,1-3H3. The predicted molar refractivity (Wildman–Crippen MR) is 76.8 cm³/mol. The number of rotatable bonds is 5. The second-order valence-electron chi connectivity index (χ2n) is 5.51. The van der Waals surface area contributed by atoms with Crippen molar-refractivity contribution in [2.24, 2.45) is 5.41 Å². The monoisotopic (exact) mass is 291 g/mol. The minimum atomic E-state index is -0.308. The average Bonchev–Trinajstić information content (AvgIpc) is 2.24. The van der Waals surface area contributed by atoms with E-state index in [4.69, 9.17) is 23.2 Å². The maximum absolute atomic E-state index is 12.9. The summed E-state index contributed by atoms with van der Waals surface area (Å²) in [6.45, 7) is 7.13. The van der Waals surface area contributed by atoms with Gasteiger partial charge >= 0.3 is 0 Å². The Morgan fingerprint density at radius 2 is 2.00 bits per heavy atom. The summed E-state index contributed by atoms with van der Waals surface area (Å²) in [6.07, 6.45) is 0.893. The van der Waals surface area contributed by atoms with Crippen molar-refractivity contribution in [2.75, 3.05) is 5.88 Å². The molecule has 1 aromatic carbocycles. The molecule has 0 spiro atoms. The fraction of sp³-hybridized carbons (Fsp3) is 0.571. The van der Waals surface area contributed by atoms with Gasteiger partial charge in [0.25, 0.3) is 0 Å². The van der Waals surface area contributed by atoms with Crippen molar-refractivity contribution in [3.63, 3.8) is 0 Å². The maximum atomic E-state index is 12.9. The molecular weight excluding hydrogens is 272 g/mol. The van der Waals surface area contributed by atoms with Crippen molar-refractivity contribution < 1.29 is 4.39 Å². The van der Waals surface area contributed by atoms with Crippen LogP contribution >= 0.6 is 23.2 Å². The van der Waals surface area contributed by atoms with Crippen LogP contribution in [0.2, 0.25) is 5.02 Å². The second kappa shape index (κ2) is 6.74. The first kappa shape index (κ1) is 15.7. The van der Waals surface area contributed by atoms with Gasteiger partial charge in [-0.1, -0.05) is 38.4 Å².